The van der Waals surface area contributed by atoms with Gasteiger partial charge in [-0.15, -0.1) is 0 Å². The van der Waals surface area contributed by atoms with Crippen LogP contribution in [-0.4, -0.2) is 16.0 Å². The van der Waals surface area contributed by atoms with Crippen molar-refractivity contribution in [2.45, 2.75) is 26.3 Å². The maximum atomic E-state index is 12.5. The van der Waals surface area contributed by atoms with Gasteiger partial charge in [0.2, 0.25) is 0 Å². The summed E-state index contributed by atoms with van der Waals surface area (Å²) in [5.74, 6) is 0.484. The van der Waals surface area contributed by atoms with Crippen LogP contribution < -0.4 is 10.5 Å². The third kappa shape index (κ3) is 4.36. The van der Waals surface area contributed by atoms with Crippen molar-refractivity contribution < 1.29 is 17.9 Å². The van der Waals surface area contributed by atoms with Crippen molar-refractivity contribution in [3.63, 3.8) is 0 Å². The second kappa shape index (κ2) is 7.11. The average Bonchev–Trinajstić information content (AvgIpc) is 3.01. The quantitative estimate of drug-likeness (QED) is 0.677. The van der Waals surface area contributed by atoms with Crippen LogP contribution >= 0.6 is 0 Å². The molecule has 0 aliphatic carbocycles. The highest BCUT2D eigenvalue weighted by atomic mass is 19.4. The van der Waals surface area contributed by atoms with Gasteiger partial charge in [-0.1, -0.05) is 30.3 Å². The normalized spacial score (nSPS) is 11.5. The van der Waals surface area contributed by atoms with E-state index in [9.17, 15) is 13.2 Å². The topological polar surface area (TPSA) is 53.1 Å². The Labute approximate surface area is 149 Å². The maximum Gasteiger partial charge on any atom is 0.408 e. The second-order valence-electron chi connectivity index (χ2n) is 6.02. The molecule has 1 aromatic heterocycles. The SMILES string of the molecule is Cc1cc(N)c(OCc2ccccc2)cc1-c1cnn(CC(F)(F)F)c1. The largest absolute Gasteiger partial charge is 0.487 e. The minimum Gasteiger partial charge on any atom is -0.487 e. The highest BCUT2D eigenvalue weighted by Gasteiger charge is 2.28. The van der Waals surface area contributed by atoms with Crippen LogP contribution in [0.1, 0.15) is 11.1 Å². The van der Waals surface area contributed by atoms with Crippen molar-refractivity contribution in [2.75, 3.05) is 5.73 Å². The van der Waals surface area contributed by atoms with Crippen LogP contribution in [0.15, 0.2) is 54.9 Å². The van der Waals surface area contributed by atoms with Crippen molar-refractivity contribution >= 4 is 5.69 Å². The minimum atomic E-state index is -4.32. The minimum absolute atomic E-state index is 0.348. The number of rotatable bonds is 5. The highest BCUT2D eigenvalue weighted by Crippen LogP contribution is 2.33. The number of hydrogen-bond acceptors (Lipinski definition) is 3. The predicted octanol–water partition coefficient (Wildman–Crippen LogP) is 4.58. The van der Waals surface area contributed by atoms with Gasteiger partial charge in [0, 0.05) is 11.8 Å². The van der Waals surface area contributed by atoms with Gasteiger partial charge in [0.25, 0.3) is 0 Å². The number of nitrogens with two attached hydrogens (primary N) is 1. The van der Waals surface area contributed by atoms with Gasteiger partial charge in [-0.3, -0.25) is 4.68 Å². The first kappa shape index (κ1) is 17.8. The first-order chi connectivity index (χ1) is 12.3. The van der Waals surface area contributed by atoms with Crippen LogP contribution in [0.3, 0.4) is 0 Å². The number of aromatic nitrogens is 2. The van der Waals surface area contributed by atoms with Crippen LogP contribution in [0, 0.1) is 6.92 Å². The number of halogens is 3. The molecule has 0 bridgehead atoms. The fourth-order valence-electron chi connectivity index (χ4n) is 2.65. The molecule has 0 spiro atoms. The molecule has 0 amide bonds. The summed E-state index contributed by atoms with van der Waals surface area (Å²) in [4.78, 5) is 0. The summed E-state index contributed by atoms with van der Waals surface area (Å²) in [5, 5.41) is 3.79. The summed E-state index contributed by atoms with van der Waals surface area (Å²) in [6.45, 7) is 1.06. The van der Waals surface area contributed by atoms with Gasteiger partial charge in [-0.25, -0.2) is 0 Å². The van der Waals surface area contributed by atoms with Gasteiger partial charge in [0.1, 0.15) is 18.9 Å². The average molecular weight is 361 g/mol. The molecular formula is C19H18F3N3O. The molecule has 136 valence electrons. The number of nitrogen functional groups attached to an aromatic ring is 1. The van der Waals surface area contributed by atoms with Gasteiger partial charge in [-0.05, 0) is 35.7 Å². The van der Waals surface area contributed by atoms with Gasteiger partial charge in [0.15, 0.2) is 0 Å². The van der Waals surface area contributed by atoms with Crippen LogP contribution in [0.25, 0.3) is 11.1 Å². The lowest BCUT2D eigenvalue weighted by Crippen LogP contribution is -2.17. The molecule has 2 N–H and O–H groups in total. The molecule has 1 heterocycles. The molecule has 0 unspecified atom stereocenters. The van der Waals surface area contributed by atoms with Crippen molar-refractivity contribution in [2.24, 2.45) is 0 Å². The molecular weight excluding hydrogens is 343 g/mol. The number of alkyl halides is 3. The highest BCUT2D eigenvalue weighted by molar-refractivity contribution is 5.72. The zero-order valence-corrected chi connectivity index (χ0v) is 14.1. The predicted molar refractivity (Wildman–Crippen MR) is 93.6 cm³/mol. The Morgan fingerprint density at radius 1 is 1.15 bits per heavy atom. The number of nitrogens with zero attached hydrogens (tertiary/aromatic N) is 2. The fraction of sp³-hybridized carbons (Fsp3) is 0.211. The van der Waals surface area contributed by atoms with E-state index >= 15 is 0 Å². The van der Waals surface area contributed by atoms with Crippen LogP contribution in [0.5, 0.6) is 5.75 Å². The fourth-order valence-corrected chi connectivity index (χ4v) is 2.65. The molecule has 2 aromatic carbocycles. The Morgan fingerprint density at radius 3 is 2.58 bits per heavy atom. The molecule has 0 radical (unpaired) electrons. The van der Waals surface area contributed by atoms with Gasteiger partial charge >= 0.3 is 6.18 Å². The van der Waals surface area contributed by atoms with Crippen LogP contribution in [-0.2, 0) is 13.2 Å². The van der Waals surface area contributed by atoms with Gasteiger partial charge in [0.05, 0.1) is 11.9 Å². The van der Waals surface area contributed by atoms with Crippen LogP contribution in [0.2, 0.25) is 0 Å². The number of hydrogen-bond donors (Lipinski definition) is 1. The Kier molecular flexibility index (Phi) is 4.88. The lowest BCUT2D eigenvalue weighted by atomic mass is 10.0. The third-order valence-corrected chi connectivity index (χ3v) is 3.88. The molecule has 0 aliphatic heterocycles. The Balaban J connectivity index is 1.84. The molecule has 3 aromatic rings. The molecule has 3 rings (SSSR count). The summed E-state index contributed by atoms with van der Waals surface area (Å²) < 4.78 is 44.2. The number of benzene rings is 2. The summed E-state index contributed by atoms with van der Waals surface area (Å²) >= 11 is 0. The summed E-state index contributed by atoms with van der Waals surface area (Å²) in [6, 6.07) is 13.1. The molecule has 7 heteroatoms. The number of aryl methyl sites for hydroxylation is 1. The molecule has 0 aliphatic rings. The van der Waals surface area contributed by atoms with Crippen molar-refractivity contribution in [1.29, 1.82) is 0 Å². The molecule has 0 fully saturated rings. The zero-order valence-electron chi connectivity index (χ0n) is 14.1. The van der Waals surface area contributed by atoms with E-state index in [1.165, 1.54) is 12.4 Å². The Hall–Kier alpha value is -2.96. The van der Waals surface area contributed by atoms with E-state index in [-0.39, 0.29) is 0 Å². The number of anilines is 1. The molecule has 26 heavy (non-hydrogen) atoms. The Bertz CT molecular complexity index is 889. The molecule has 4 nitrogen and oxygen atoms in total. The standard InChI is InChI=1S/C19H18F3N3O/c1-13-7-17(23)18(26-11-14-5-3-2-4-6-14)8-16(13)15-9-24-25(10-15)12-19(20,21)22/h2-10H,11-12,23H2,1H3. The van der Waals surface area contributed by atoms with Crippen molar-refractivity contribution in [3.05, 3.63) is 66.0 Å². The molecule has 0 saturated carbocycles. The lowest BCUT2D eigenvalue weighted by Gasteiger charge is -2.13. The van der Waals surface area contributed by atoms with Gasteiger partial charge in [-0.2, -0.15) is 18.3 Å². The smallest absolute Gasteiger partial charge is 0.408 e. The molecule has 0 saturated heterocycles. The summed E-state index contributed by atoms with van der Waals surface area (Å²) in [6.07, 6.45) is -1.54. The van der Waals surface area contributed by atoms with E-state index in [2.05, 4.69) is 5.10 Å². The van der Waals surface area contributed by atoms with E-state index < -0.39 is 12.7 Å². The van der Waals surface area contributed by atoms with Crippen molar-refractivity contribution in [3.8, 4) is 16.9 Å². The third-order valence-electron chi connectivity index (χ3n) is 3.88. The maximum absolute atomic E-state index is 12.5. The van der Waals surface area contributed by atoms with Gasteiger partial charge < -0.3 is 10.5 Å². The Morgan fingerprint density at radius 2 is 1.88 bits per heavy atom. The van der Waals surface area contributed by atoms with E-state index in [1.54, 1.807) is 12.1 Å². The van der Waals surface area contributed by atoms with Crippen LogP contribution in [0.4, 0.5) is 18.9 Å². The summed E-state index contributed by atoms with van der Waals surface area (Å²) in [5.41, 5.74) is 9.64. The lowest BCUT2D eigenvalue weighted by molar-refractivity contribution is -0.142. The second-order valence-corrected chi connectivity index (χ2v) is 6.02. The van der Waals surface area contributed by atoms with E-state index in [4.69, 9.17) is 10.5 Å². The van der Waals surface area contributed by atoms with E-state index in [0.29, 0.717) is 23.6 Å². The first-order valence-corrected chi connectivity index (χ1v) is 7.98. The molecule has 0 atom stereocenters. The monoisotopic (exact) mass is 361 g/mol. The van der Waals surface area contributed by atoms with E-state index in [0.717, 1.165) is 21.4 Å². The zero-order chi connectivity index (χ0) is 18.7. The van der Waals surface area contributed by atoms with Crippen molar-refractivity contribution in [1.82, 2.24) is 9.78 Å². The van der Waals surface area contributed by atoms with E-state index in [1.807, 2.05) is 37.3 Å². The summed E-state index contributed by atoms with van der Waals surface area (Å²) in [7, 11) is 0. The number of ether oxygens (including phenoxy) is 1. The first-order valence-electron chi connectivity index (χ1n) is 7.98.